The number of fused-ring (bicyclic) bond motifs is 1. The molecule has 5 rings (SSSR count). The molecular formula is C33H26N4O3S. The van der Waals surface area contributed by atoms with E-state index < -0.39 is 11.2 Å². The highest BCUT2D eigenvalue weighted by atomic mass is 32.2. The standard InChI is InChI=1S/C33H26N4O3S/c1-19-8-10-23(11-9-19)30-20(2)16-24(18-34)32(37-30)41-21(3)31(38)35-25-14-12-22(13-15-25)29-17-27(33(39)40)26-6-4-5-7-28(26)36-29/h4-17,21H,1-3H3,(H,35,38)(H,39,40). The Balaban J connectivity index is 1.33. The van der Waals surface area contributed by atoms with Gasteiger partial charge in [-0.1, -0.05) is 71.9 Å². The third-order valence-electron chi connectivity index (χ3n) is 6.68. The Bertz CT molecular complexity index is 1830. The van der Waals surface area contributed by atoms with Crippen LogP contribution in [0.4, 0.5) is 5.69 Å². The number of thioether (sulfide) groups is 1. The van der Waals surface area contributed by atoms with Gasteiger partial charge < -0.3 is 10.4 Å². The minimum atomic E-state index is -1.02. The number of amides is 1. The number of nitrogens with one attached hydrogen (secondary N) is 1. The minimum Gasteiger partial charge on any atom is -0.478 e. The summed E-state index contributed by atoms with van der Waals surface area (Å²) in [5, 5.41) is 22.9. The lowest BCUT2D eigenvalue weighted by molar-refractivity contribution is -0.115. The molecule has 5 aromatic rings. The predicted molar refractivity (Wildman–Crippen MR) is 162 cm³/mol. The molecule has 7 nitrogen and oxygen atoms in total. The van der Waals surface area contributed by atoms with E-state index in [-0.39, 0.29) is 11.5 Å². The number of hydrogen-bond acceptors (Lipinski definition) is 6. The number of pyridine rings is 2. The second-order valence-corrected chi connectivity index (χ2v) is 11.0. The minimum absolute atomic E-state index is 0.181. The molecule has 0 aliphatic heterocycles. The number of benzene rings is 3. The maximum Gasteiger partial charge on any atom is 0.336 e. The van der Waals surface area contributed by atoms with Crippen LogP contribution >= 0.6 is 11.8 Å². The number of nitriles is 1. The van der Waals surface area contributed by atoms with Crippen LogP contribution in [0.5, 0.6) is 0 Å². The van der Waals surface area contributed by atoms with Crippen molar-refractivity contribution < 1.29 is 14.7 Å². The van der Waals surface area contributed by atoms with Crippen molar-refractivity contribution in [1.82, 2.24) is 9.97 Å². The summed E-state index contributed by atoms with van der Waals surface area (Å²) in [4.78, 5) is 34.3. The van der Waals surface area contributed by atoms with Gasteiger partial charge in [-0.2, -0.15) is 5.26 Å². The molecule has 0 aliphatic rings. The van der Waals surface area contributed by atoms with Gasteiger partial charge in [0, 0.05) is 22.2 Å². The second-order valence-electron chi connectivity index (χ2n) is 9.69. The van der Waals surface area contributed by atoms with Gasteiger partial charge in [0.1, 0.15) is 11.1 Å². The van der Waals surface area contributed by atoms with Crippen LogP contribution < -0.4 is 5.32 Å². The van der Waals surface area contributed by atoms with E-state index in [2.05, 4.69) is 16.4 Å². The summed E-state index contributed by atoms with van der Waals surface area (Å²) in [7, 11) is 0. The summed E-state index contributed by atoms with van der Waals surface area (Å²) < 4.78 is 0. The van der Waals surface area contributed by atoms with Crippen LogP contribution in [0.15, 0.2) is 90.0 Å². The molecule has 0 radical (unpaired) electrons. The molecule has 0 spiro atoms. The number of anilines is 1. The van der Waals surface area contributed by atoms with E-state index in [1.807, 2.05) is 50.2 Å². The lowest BCUT2D eigenvalue weighted by Crippen LogP contribution is -2.22. The quantitative estimate of drug-likeness (QED) is 0.202. The van der Waals surface area contributed by atoms with Gasteiger partial charge in [-0.05, 0) is 56.7 Å². The molecular weight excluding hydrogens is 532 g/mol. The predicted octanol–water partition coefficient (Wildman–Crippen LogP) is 7.27. The van der Waals surface area contributed by atoms with Crippen molar-refractivity contribution in [3.63, 3.8) is 0 Å². The average Bonchev–Trinajstić information content (AvgIpc) is 2.98. The van der Waals surface area contributed by atoms with Crippen LogP contribution in [0.1, 0.15) is 34.0 Å². The zero-order valence-electron chi connectivity index (χ0n) is 22.7. The first-order valence-corrected chi connectivity index (χ1v) is 13.8. The molecule has 0 aliphatic carbocycles. The van der Waals surface area contributed by atoms with Crippen molar-refractivity contribution in [2.45, 2.75) is 31.0 Å². The van der Waals surface area contributed by atoms with Crippen LogP contribution in [0, 0.1) is 25.2 Å². The van der Waals surface area contributed by atoms with Crippen molar-refractivity contribution >= 4 is 40.2 Å². The first kappa shape index (κ1) is 27.6. The van der Waals surface area contributed by atoms with Crippen LogP contribution in [-0.2, 0) is 4.79 Å². The molecule has 0 bridgehead atoms. The molecule has 1 atom stereocenters. The third kappa shape index (κ3) is 5.96. The zero-order chi connectivity index (χ0) is 29.1. The number of carboxylic acid groups (broad SMARTS) is 1. The Morgan fingerprint density at radius 3 is 2.29 bits per heavy atom. The molecule has 2 N–H and O–H groups in total. The Morgan fingerprint density at radius 2 is 1.61 bits per heavy atom. The normalized spacial score (nSPS) is 11.6. The zero-order valence-corrected chi connectivity index (χ0v) is 23.5. The lowest BCUT2D eigenvalue weighted by atomic mass is 10.0. The maximum absolute atomic E-state index is 13.1. The molecule has 0 saturated carbocycles. The Kier molecular flexibility index (Phi) is 7.81. The third-order valence-corrected chi connectivity index (χ3v) is 7.78. The number of carbonyl (C=O) groups is 2. The summed E-state index contributed by atoms with van der Waals surface area (Å²) in [6.45, 7) is 5.72. The van der Waals surface area contributed by atoms with Gasteiger partial charge in [0.15, 0.2) is 0 Å². The highest BCUT2D eigenvalue weighted by molar-refractivity contribution is 8.00. The summed E-state index contributed by atoms with van der Waals surface area (Å²) in [5.41, 5.74) is 6.81. The Morgan fingerprint density at radius 1 is 0.927 bits per heavy atom. The summed E-state index contributed by atoms with van der Waals surface area (Å²) in [6, 6.07) is 27.8. The van der Waals surface area contributed by atoms with E-state index in [9.17, 15) is 20.0 Å². The number of hydrogen-bond donors (Lipinski definition) is 2. The molecule has 0 saturated heterocycles. The van der Waals surface area contributed by atoms with Gasteiger partial charge in [-0.25, -0.2) is 14.8 Å². The summed E-state index contributed by atoms with van der Waals surface area (Å²) in [6.07, 6.45) is 0. The number of para-hydroxylation sites is 1. The monoisotopic (exact) mass is 558 g/mol. The molecule has 41 heavy (non-hydrogen) atoms. The fraction of sp³-hybridized carbons (Fsp3) is 0.121. The first-order valence-electron chi connectivity index (χ1n) is 12.9. The van der Waals surface area contributed by atoms with Crippen LogP contribution in [0.25, 0.3) is 33.4 Å². The average molecular weight is 559 g/mol. The maximum atomic E-state index is 13.1. The SMILES string of the molecule is Cc1ccc(-c2nc(SC(C)C(=O)Nc3ccc(-c4cc(C(=O)O)c5ccccc5n4)cc3)c(C#N)cc2C)cc1. The van der Waals surface area contributed by atoms with E-state index in [4.69, 9.17) is 4.98 Å². The number of aromatic carboxylic acids is 1. The van der Waals surface area contributed by atoms with E-state index in [1.165, 1.54) is 11.8 Å². The fourth-order valence-corrected chi connectivity index (χ4v) is 5.34. The molecule has 3 aromatic carbocycles. The number of rotatable bonds is 7. The van der Waals surface area contributed by atoms with Gasteiger partial charge in [-0.15, -0.1) is 0 Å². The summed E-state index contributed by atoms with van der Waals surface area (Å²) in [5.74, 6) is -1.25. The van der Waals surface area contributed by atoms with Crippen LogP contribution in [0.2, 0.25) is 0 Å². The van der Waals surface area contributed by atoms with Crippen molar-refractivity contribution in [2.75, 3.05) is 5.32 Å². The fourth-order valence-electron chi connectivity index (χ4n) is 4.46. The van der Waals surface area contributed by atoms with E-state index >= 15 is 0 Å². The van der Waals surface area contributed by atoms with Crippen molar-refractivity contribution in [2.24, 2.45) is 0 Å². The molecule has 8 heteroatoms. The number of aryl methyl sites for hydroxylation is 2. The van der Waals surface area contributed by atoms with Crippen LogP contribution in [-0.4, -0.2) is 32.2 Å². The van der Waals surface area contributed by atoms with Crippen molar-refractivity contribution in [3.05, 3.63) is 107 Å². The molecule has 1 amide bonds. The summed E-state index contributed by atoms with van der Waals surface area (Å²) >= 11 is 1.24. The van der Waals surface area contributed by atoms with E-state index in [0.29, 0.717) is 32.9 Å². The Hall–Kier alpha value is -5.00. The van der Waals surface area contributed by atoms with Gasteiger partial charge in [0.25, 0.3) is 0 Å². The second kappa shape index (κ2) is 11.6. The molecule has 1 unspecified atom stereocenters. The molecule has 0 fully saturated rings. The number of nitrogens with zero attached hydrogens (tertiary/aromatic N) is 3. The van der Waals surface area contributed by atoms with Gasteiger partial charge >= 0.3 is 5.97 Å². The lowest BCUT2D eigenvalue weighted by Gasteiger charge is -2.15. The van der Waals surface area contributed by atoms with E-state index in [0.717, 1.165) is 27.9 Å². The largest absolute Gasteiger partial charge is 0.478 e. The molecule has 202 valence electrons. The van der Waals surface area contributed by atoms with Gasteiger partial charge in [0.2, 0.25) is 5.91 Å². The number of carbonyl (C=O) groups excluding carboxylic acids is 1. The first-order chi connectivity index (χ1) is 19.7. The van der Waals surface area contributed by atoms with Crippen molar-refractivity contribution in [1.29, 1.82) is 5.26 Å². The smallest absolute Gasteiger partial charge is 0.336 e. The molecule has 2 heterocycles. The highest BCUT2D eigenvalue weighted by Crippen LogP contribution is 2.32. The van der Waals surface area contributed by atoms with Crippen molar-refractivity contribution in [3.8, 4) is 28.6 Å². The van der Waals surface area contributed by atoms with E-state index in [1.54, 1.807) is 55.5 Å². The van der Waals surface area contributed by atoms with Crippen LogP contribution in [0.3, 0.4) is 0 Å². The number of carboxylic acids is 1. The van der Waals surface area contributed by atoms with Gasteiger partial charge in [-0.3, -0.25) is 4.79 Å². The highest BCUT2D eigenvalue weighted by Gasteiger charge is 2.20. The van der Waals surface area contributed by atoms with Gasteiger partial charge in [0.05, 0.1) is 33.3 Å². The topological polar surface area (TPSA) is 116 Å². The Labute approximate surface area is 241 Å². The molecule has 2 aromatic heterocycles. The number of aromatic nitrogens is 2.